The van der Waals surface area contributed by atoms with Crippen LogP contribution in [0.4, 0.5) is 18.9 Å². The Labute approximate surface area is 163 Å². The molecule has 0 unspecified atom stereocenters. The Bertz CT molecular complexity index is 1120. The van der Waals surface area contributed by atoms with Gasteiger partial charge in [-0.25, -0.2) is 5.01 Å². The van der Waals surface area contributed by atoms with E-state index in [9.17, 15) is 22.8 Å². The number of amides is 2. The van der Waals surface area contributed by atoms with Gasteiger partial charge in [-0.2, -0.15) is 13.2 Å². The molecule has 0 spiro atoms. The topological polar surface area (TPSA) is 54.3 Å². The molecule has 146 valence electrons. The molecule has 0 aliphatic carbocycles. The third kappa shape index (κ3) is 3.52. The maximum Gasteiger partial charge on any atom is 0.416 e. The maximum absolute atomic E-state index is 13.0. The molecule has 0 bridgehead atoms. The summed E-state index contributed by atoms with van der Waals surface area (Å²) in [6, 6.07) is 16.6. The van der Waals surface area contributed by atoms with Crippen molar-refractivity contribution >= 4 is 23.6 Å². The zero-order chi connectivity index (χ0) is 20.6. The van der Waals surface area contributed by atoms with Gasteiger partial charge in [-0.15, -0.1) is 0 Å². The summed E-state index contributed by atoms with van der Waals surface area (Å²) in [5.74, 6) is -1.13. The number of halogens is 3. The van der Waals surface area contributed by atoms with Crippen LogP contribution in [0.1, 0.15) is 11.3 Å². The molecule has 1 aliphatic rings. The molecule has 0 saturated carbocycles. The summed E-state index contributed by atoms with van der Waals surface area (Å²) in [6.07, 6.45) is -1.55. The van der Waals surface area contributed by atoms with Gasteiger partial charge in [0, 0.05) is 17.6 Å². The Balaban J connectivity index is 1.70. The van der Waals surface area contributed by atoms with Crippen molar-refractivity contribution < 1.29 is 22.8 Å². The molecular formula is C21H14F3N3O2. The van der Waals surface area contributed by atoms with E-state index in [1.54, 1.807) is 48.7 Å². The molecule has 8 heteroatoms. The maximum atomic E-state index is 13.0. The van der Waals surface area contributed by atoms with Crippen LogP contribution in [0.3, 0.4) is 0 Å². The number of para-hydroxylation sites is 1. The van der Waals surface area contributed by atoms with Gasteiger partial charge < -0.3 is 4.57 Å². The number of hydrogen-bond donors (Lipinski definition) is 1. The van der Waals surface area contributed by atoms with Gasteiger partial charge in [0.25, 0.3) is 11.8 Å². The monoisotopic (exact) mass is 397 g/mol. The van der Waals surface area contributed by atoms with Crippen LogP contribution < -0.4 is 10.4 Å². The van der Waals surface area contributed by atoms with E-state index in [2.05, 4.69) is 5.43 Å². The first-order valence-corrected chi connectivity index (χ1v) is 8.62. The molecule has 2 amide bonds. The molecule has 1 aromatic heterocycles. The van der Waals surface area contributed by atoms with Gasteiger partial charge in [-0.05, 0) is 48.5 Å². The highest BCUT2D eigenvalue weighted by Crippen LogP contribution is 2.31. The smallest absolute Gasteiger partial charge is 0.317 e. The Morgan fingerprint density at radius 2 is 1.59 bits per heavy atom. The lowest BCUT2D eigenvalue weighted by atomic mass is 10.1. The van der Waals surface area contributed by atoms with Crippen LogP contribution in [0, 0.1) is 0 Å². The minimum atomic E-state index is -4.47. The number of hydrazine groups is 1. The van der Waals surface area contributed by atoms with Crippen molar-refractivity contribution in [3.8, 4) is 5.69 Å². The van der Waals surface area contributed by atoms with Crippen LogP contribution in [0.2, 0.25) is 0 Å². The molecule has 1 N–H and O–H groups in total. The molecule has 29 heavy (non-hydrogen) atoms. The summed E-state index contributed by atoms with van der Waals surface area (Å²) in [7, 11) is 0. The van der Waals surface area contributed by atoms with Crippen LogP contribution in [-0.2, 0) is 15.8 Å². The molecule has 0 atom stereocenters. The quantitative estimate of drug-likeness (QED) is 0.537. The van der Waals surface area contributed by atoms with Gasteiger partial charge in [0.1, 0.15) is 5.57 Å². The van der Waals surface area contributed by atoms with Gasteiger partial charge in [0.2, 0.25) is 0 Å². The molecule has 1 saturated heterocycles. The van der Waals surface area contributed by atoms with E-state index in [1.165, 1.54) is 22.8 Å². The Kier molecular flexibility index (Phi) is 4.46. The number of aromatic nitrogens is 1. The Morgan fingerprint density at radius 1 is 0.862 bits per heavy atom. The van der Waals surface area contributed by atoms with Crippen molar-refractivity contribution in [1.82, 2.24) is 9.99 Å². The van der Waals surface area contributed by atoms with Crippen LogP contribution >= 0.6 is 0 Å². The van der Waals surface area contributed by atoms with E-state index in [0.717, 1.165) is 17.1 Å². The van der Waals surface area contributed by atoms with Gasteiger partial charge in [-0.3, -0.25) is 15.0 Å². The fourth-order valence-corrected chi connectivity index (χ4v) is 3.04. The first kappa shape index (κ1) is 18.5. The number of benzene rings is 2. The SMILES string of the molecule is O=C1NN(c2ccccc2)C(=O)/C1=C\c1cccn1-c1cccc(C(F)(F)F)c1. The standard InChI is InChI=1S/C21H14F3N3O2/c22-21(23,24)14-6-4-9-16(12-14)26-11-5-10-17(26)13-18-19(28)25-27(20(18)29)15-7-2-1-3-8-15/h1-13H,(H,25,28)/b18-13-. The average molecular weight is 397 g/mol. The molecule has 4 rings (SSSR count). The van der Waals surface area contributed by atoms with E-state index in [0.29, 0.717) is 11.4 Å². The summed E-state index contributed by atoms with van der Waals surface area (Å²) in [5, 5.41) is 1.13. The summed E-state index contributed by atoms with van der Waals surface area (Å²) in [4.78, 5) is 25.0. The predicted octanol–water partition coefficient (Wildman–Crippen LogP) is 3.96. The van der Waals surface area contributed by atoms with Crippen molar-refractivity contribution in [2.45, 2.75) is 6.18 Å². The highest BCUT2D eigenvalue weighted by molar-refractivity contribution is 6.31. The van der Waals surface area contributed by atoms with Crippen LogP contribution in [0.5, 0.6) is 0 Å². The fraction of sp³-hybridized carbons (Fsp3) is 0.0476. The third-order valence-corrected chi connectivity index (χ3v) is 4.43. The number of hydrogen-bond acceptors (Lipinski definition) is 2. The van der Waals surface area contributed by atoms with Crippen molar-refractivity contribution in [2.24, 2.45) is 0 Å². The van der Waals surface area contributed by atoms with Crippen molar-refractivity contribution in [2.75, 3.05) is 5.01 Å². The lowest BCUT2D eigenvalue weighted by Crippen LogP contribution is -2.35. The summed E-state index contributed by atoms with van der Waals surface area (Å²) >= 11 is 0. The molecule has 0 radical (unpaired) electrons. The lowest BCUT2D eigenvalue weighted by molar-refractivity contribution is -0.137. The lowest BCUT2D eigenvalue weighted by Gasteiger charge is -2.14. The molecule has 2 heterocycles. The van der Waals surface area contributed by atoms with E-state index in [4.69, 9.17) is 0 Å². The Hall–Kier alpha value is -3.81. The Morgan fingerprint density at radius 3 is 2.31 bits per heavy atom. The second-order valence-electron chi connectivity index (χ2n) is 6.33. The second-order valence-corrected chi connectivity index (χ2v) is 6.33. The highest BCUT2D eigenvalue weighted by Gasteiger charge is 2.34. The van der Waals surface area contributed by atoms with Crippen molar-refractivity contribution in [3.05, 3.63) is 89.8 Å². The number of anilines is 1. The van der Waals surface area contributed by atoms with Crippen LogP contribution in [0.15, 0.2) is 78.5 Å². The summed E-state index contributed by atoms with van der Waals surface area (Å²) in [5.41, 5.74) is 2.76. The minimum absolute atomic E-state index is 0.110. The van der Waals surface area contributed by atoms with Crippen LogP contribution in [0.25, 0.3) is 11.8 Å². The predicted molar refractivity (Wildman–Crippen MR) is 101 cm³/mol. The van der Waals surface area contributed by atoms with Crippen molar-refractivity contribution in [3.63, 3.8) is 0 Å². The number of alkyl halides is 3. The first-order valence-electron chi connectivity index (χ1n) is 8.62. The van der Waals surface area contributed by atoms with E-state index in [1.807, 2.05) is 0 Å². The highest BCUT2D eigenvalue weighted by atomic mass is 19.4. The molecule has 2 aromatic carbocycles. The largest absolute Gasteiger partial charge is 0.416 e. The van der Waals surface area contributed by atoms with E-state index in [-0.39, 0.29) is 11.3 Å². The van der Waals surface area contributed by atoms with Gasteiger partial charge in [-0.1, -0.05) is 24.3 Å². The van der Waals surface area contributed by atoms with Gasteiger partial charge in [0.15, 0.2) is 0 Å². The normalized spacial score (nSPS) is 15.8. The van der Waals surface area contributed by atoms with Gasteiger partial charge in [0.05, 0.1) is 11.3 Å². The third-order valence-electron chi connectivity index (χ3n) is 4.43. The number of carbonyl (C=O) groups excluding carboxylic acids is 2. The minimum Gasteiger partial charge on any atom is -0.317 e. The fourth-order valence-electron chi connectivity index (χ4n) is 3.04. The number of carbonyl (C=O) groups is 2. The van der Waals surface area contributed by atoms with Crippen LogP contribution in [-0.4, -0.2) is 16.4 Å². The number of nitrogens with zero attached hydrogens (tertiary/aromatic N) is 2. The first-order chi connectivity index (χ1) is 13.8. The zero-order valence-corrected chi connectivity index (χ0v) is 14.9. The summed E-state index contributed by atoms with van der Waals surface area (Å²) in [6.45, 7) is 0. The van der Waals surface area contributed by atoms with E-state index >= 15 is 0 Å². The average Bonchev–Trinajstić information content (AvgIpc) is 3.28. The molecule has 1 aliphatic heterocycles. The van der Waals surface area contributed by atoms with Gasteiger partial charge >= 0.3 is 6.18 Å². The van der Waals surface area contributed by atoms with E-state index < -0.39 is 23.6 Å². The van der Waals surface area contributed by atoms with Crippen molar-refractivity contribution in [1.29, 1.82) is 0 Å². The molecule has 3 aromatic rings. The summed E-state index contributed by atoms with van der Waals surface area (Å²) < 4.78 is 40.5. The number of nitrogens with one attached hydrogen (secondary N) is 1. The second kappa shape index (κ2) is 6.97. The molecule has 1 fully saturated rings. The molecular weight excluding hydrogens is 383 g/mol. The number of rotatable bonds is 3. The molecule has 5 nitrogen and oxygen atoms in total. The zero-order valence-electron chi connectivity index (χ0n) is 14.9.